The van der Waals surface area contributed by atoms with Gasteiger partial charge in [-0.05, 0) is 61.4 Å². The molecule has 0 amide bonds. The van der Waals surface area contributed by atoms with E-state index in [0.29, 0.717) is 34.4 Å². The number of benzene rings is 1. The molecule has 2 aromatic heterocycles. The van der Waals surface area contributed by atoms with Crippen LogP contribution in [0.3, 0.4) is 0 Å². The number of pyridine rings is 1. The molecule has 2 fully saturated rings. The first-order valence-electron chi connectivity index (χ1n) is 11.5. The molecule has 1 aromatic carbocycles. The molecule has 3 heterocycles. The number of halogens is 1. The minimum Gasteiger partial charge on any atom is -0.495 e. The second-order valence-electron chi connectivity index (χ2n) is 8.99. The van der Waals surface area contributed by atoms with Crippen molar-refractivity contribution in [2.45, 2.75) is 61.0 Å². The number of ether oxygens (including phenoxy) is 2. The molecule has 2 unspecified atom stereocenters. The highest BCUT2D eigenvalue weighted by molar-refractivity contribution is 8.01. The van der Waals surface area contributed by atoms with E-state index in [0.717, 1.165) is 48.5 Å². The number of hydrogen-bond acceptors (Lipinski definition) is 7. The molecule has 1 saturated heterocycles. The van der Waals surface area contributed by atoms with Crippen LogP contribution in [0, 0.1) is 5.92 Å². The molecule has 1 N–H and O–H groups in total. The summed E-state index contributed by atoms with van der Waals surface area (Å²) in [5.41, 5.74) is 1.57. The fourth-order valence-corrected chi connectivity index (χ4v) is 6.33. The van der Waals surface area contributed by atoms with E-state index in [-0.39, 0.29) is 18.1 Å². The van der Waals surface area contributed by atoms with E-state index in [1.165, 1.54) is 0 Å². The molecule has 1 saturated carbocycles. The number of Topliss-reactive ketones (excluding diaryl/α,β-unsaturated/α-hetero) is 1. The second-order valence-corrected chi connectivity index (χ2v) is 10.5. The topological polar surface area (TPSA) is 94.2 Å². The maximum absolute atomic E-state index is 13.3. The van der Waals surface area contributed by atoms with Crippen LogP contribution in [-0.2, 0) is 20.7 Å². The Kier molecular flexibility index (Phi) is 6.53. The average molecular weight is 500 g/mol. The van der Waals surface area contributed by atoms with Crippen molar-refractivity contribution in [3.63, 3.8) is 0 Å². The van der Waals surface area contributed by atoms with Gasteiger partial charge in [0.05, 0.1) is 17.6 Å². The Balaban J connectivity index is 1.34. The summed E-state index contributed by atoms with van der Waals surface area (Å²) in [5.74, 6) is 0.231. The molecule has 1 aliphatic heterocycles. The Morgan fingerprint density at radius 2 is 2.09 bits per heavy atom. The molecule has 2 atom stereocenters. The Morgan fingerprint density at radius 3 is 2.79 bits per heavy atom. The summed E-state index contributed by atoms with van der Waals surface area (Å²) in [6, 6.07) is 9.35. The lowest BCUT2D eigenvalue weighted by atomic mass is 9.76. The monoisotopic (exact) mass is 499 g/mol. The highest BCUT2D eigenvalue weighted by Gasteiger charge is 2.52. The SMILES string of the molecule is COc1ccc(CCC2(C3CCCC3)CC(=O)C(Sc3nc4ncccc4[nH]3)C(=O)O2)cc1Cl. The standard InChI is InChI=1S/C25H26ClN3O4S/c1-32-20-9-8-15(13-17(20)26)10-11-25(16-5-2-3-6-16)14-19(30)21(23(31)33-25)34-24-28-18-7-4-12-27-22(18)29-24/h4,7-9,12-13,16,21H,2-3,5-6,10-11,14H2,1H3,(H,27,28,29). The van der Waals surface area contributed by atoms with E-state index in [2.05, 4.69) is 15.0 Å². The van der Waals surface area contributed by atoms with E-state index in [9.17, 15) is 9.59 Å². The van der Waals surface area contributed by atoms with Gasteiger partial charge >= 0.3 is 5.97 Å². The summed E-state index contributed by atoms with van der Waals surface area (Å²) in [5, 5.41) is 0.110. The van der Waals surface area contributed by atoms with E-state index >= 15 is 0 Å². The number of thioether (sulfide) groups is 1. The van der Waals surface area contributed by atoms with E-state index in [4.69, 9.17) is 21.1 Å². The number of H-pyrrole nitrogens is 1. The van der Waals surface area contributed by atoms with Crippen LogP contribution < -0.4 is 4.74 Å². The van der Waals surface area contributed by atoms with Crippen LogP contribution in [-0.4, -0.2) is 44.7 Å². The molecule has 2 aliphatic rings. The van der Waals surface area contributed by atoms with Gasteiger partial charge in [-0.15, -0.1) is 0 Å². The number of aromatic nitrogens is 3. The van der Waals surface area contributed by atoms with Gasteiger partial charge in [0, 0.05) is 12.6 Å². The predicted octanol–water partition coefficient (Wildman–Crippen LogP) is 5.16. The van der Waals surface area contributed by atoms with Crippen LogP contribution in [0.15, 0.2) is 41.7 Å². The molecule has 0 radical (unpaired) electrons. The number of esters is 1. The molecular weight excluding hydrogens is 474 g/mol. The third kappa shape index (κ3) is 4.53. The van der Waals surface area contributed by atoms with Gasteiger partial charge in [0.2, 0.25) is 0 Å². The number of cyclic esters (lactones) is 1. The van der Waals surface area contributed by atoms with Crippen LogP contribution in [0.2, 0.25) is 5.02 Å². The number of rotatable bonds is 7. The lowest BCUT2D eigenvalue weighted by Gasteiger charge is -2.42. The largest absolute Gasteiger partial charge is 0.495 e. The zero-order chi connectivity index (χ0) is 23.7. The molecule has 178 valence electrons. The number of methoxy groups -OCH3 is 1. The summed E-state index contributed by atoms with van der Waals surface area (Å²) < 4.78 is 11.4. The molecular formula is C25H26ClN3O4S. The number of imidazole rings is 1. The van der Waals surface area contributed by atoms with Gasteiger partial charge < -0.3 is 14.5 Å². The number of aryl methyl sites for hydroxylation is 1. The van der Waals surface area contributed by atoms with Crippen LogP contribution >= 0.6 is 23.4 Å². The third-order valence-corrected chi connectivity index (χ3v) is 8.30. The molecule has 7 nitrogen and oxygen atoms in total. The van der Waals surface area contributed by atoms with Crippen molar-refractivity contribution >= 4 is 46.3 Å². The van der Waals surface area contributed by atoms with Crippen molar-refractivity contribution in [3.05, 3.63) is 47.1 Å². The van der Waals surface area contributed by atoms with Crippen LogP contribution in [0.4, 0.5) is 0 Å². The van der Waals surface area contributed by atoms with Gasteiger partial charge in [0.25, 0.3) is 0 Å². The lowest BCUT2D eigenvalue weighted by molar-refractivity contribution is -0.177. The van der Waals surface area contributed by atoms with Gasteiger partial charge in [0.1, 0.15) is 11.4 Å². The number of hydrogen-bond donors (Lipinski definition) is 1. The van der Waals surface area contributed by atoms with Crippen molar-refractivity contribution in [1.29, 1.82) is 0 Å². The Bertz CT molecular complexity index is 1170. The number of aromatic amines is 1. The predicted molar refractivity (Wildman–Crippen MR) is 130 cm³/mol. The number of fused-ring (bicyclic) bond motifs is 1. The molecule has 34 heavy (non-hydrogen) atoms. The van der Waals surface area contributed by atoms with Gasteiger partial charge in [0.15, 0.2) is 21.8 Å². The maximum atomic E-state index is 13.3. The molecule has 3 aromatic rings. The molecule has 1 aliphatic carbocycles. The first kappa shape index (κ1) is 23.2. The van der Waals surface area contributed by atoms with E-state index in [1.807, 2.05) is 24.3 Å². The van der Waals surface area contributed by atoms with E-state index < -0.39 is 16.8 Å². The quantitative estimate of drug-likeness (QED) is 0.354. The zero-order valence-corrected chi connectivity index (χ0v) is 20.5. The summed E-state index contributed by atoms with van der Waals surface area (Å²) in [6.07, 6.45) is 7.26. The lowest BCUT2D eigenvalue weighted by Crippen LogP contribution is -2.53. The summed E-state index contributed by atoms with van der Waals surface area (Å²) in [7, 11) is 1.58. The Labute approximate surface area is 207 Å². The smallest absolute Gasteiger partial charge is 0.327 e. The van der Waals surface area contributed by atoms with Crippen molar-refractivity contribution in [2.24, 2.45) is 5.92 Å². The Morgan fingerprint density at radius 1 is 1.26 bits per heavy atom. The summed E-state index contributed by atoms with van der Waals surface area (Å²) in [4.78, 5) is 38.2. The van der Waals surface area contributed by atoms with Gasteiger partial charge in [-0.1, -0.05) is 42.3 Å². The summed E-state index contributed by atoms with van der Waals surface area (Å²) >= 11 is 7.41. The first-order valence-corrected chi connectivity index (χ1v) is 12.8. The van der Waals surface area contributed by atoms with Crippen molar-refractivity contribution in [2.75, 3.05) is 7.11 Å². The van der Waals surface area contributed by atoms with Gasteiger partial charge in [-0.2, -0.15) is 0 Å². The highest BCUT2D eigenvalue weighted by atomic mass is 35.5. The molecule has 5 rings (SSSR count). The normalized spacial score (nSPS) is 23.4. The minimum atomic E-state index is -0.925. The number of nitrogens with one attached hydrogen (secondary N) is 1. The second kappa shape index (κ2) is 9.58. The highest BCUT2D eigenvalue weighted by Crippen LogP contribution is 2.46. The fraction of sp³-hybridized carbons (Fsp3) is 0.440. The van der Waals surface area contributed by atoms with Gasteiger partial charge in [-0.3, -0.25) is 9.59 Å². The van der Waals surface area contributed by atoms with E-state index in [1.54, 1.807) is 19.4 Å². The van der Waals surface area contributed by atoms with Crippen LogP contribution in [0.1, 0.15) is 44.1 Å². The zero-order valence-electron chi connectivity index (χ0n) is 18.9. The van der Waals surface area contributed by atoms with Crippen molar-refractivity contribution in [1.82, 2.24) is 15.0 Å². The number of ketones is 1. The third-order valence-electron chi connectivity index (χ3n) is 6.90. The maximum Gasteiger partial charge on any atom is 0.327 e. The minimum absolute atomic E-state index is 0.102. The first-order chi connectivity index (χ1) is 16.5. The summed E-state index contributed by atoms with van der Waals surface area (Å²) in [6.45, 7) is 0. The average Bonchev–Trinajstić information content (AvgIpc) is 3.50. The van der Waals surface area contributed by atoms with Crippen LogP contribution in [0.5, 0.6) is 5.75 Å². The molecule has 0 bridgehead atoms. The van der Waals surface area contributed by atoms with Crippen molar-refractivity contribution in [3.8, 4) is 5.75 Å². The fourth-order valence-electron chi connectivity index (χ4n) is 5.16. The Hall–Kier alpha value is -2.58. The number of carbonyl (C=O) groups is 2. The molecule has 0 spiro atoms. The van der Waals surface area contributed by atoms with Gasteiger partial charge in [-0.25, -0.2) is 9.97 Å². The number of nitrogens with zero attached hydrogens (tertiary/aromatic N) is 2. The number of carbonyl (C=O) groups excluding carboxylic acids is 2. The van der Waals surface area contributed by atoms with Crippen LogP contribution in [0.25, 0.3) is 11.2 Å². The van der Waals surface area contributed by atoms with Crippen molar-refractivity contribution < 1.29 is 19.1 Å². The molecule has 9 heteroatoms.